The van der Waals surface area contributed by atoms with Gasteiger partial charge in [0.1, 0.15) is 5.92 Å². The minimum Gasteiger partial charge on any atom is -0.298 e. The van der Waals surface area contributed by atoms with E-state index >= 15 is 0 Å². The van der Waals surface area contributed by atoms with Gasteiger partial charge in [-0.1, -0.05) is 25.4 Å². The number of hydrogen-bond donors (Lipinski definition) is 0. The number of carbonyl (C=O) groups excluding carboxylic acids is 3. The SMILES string of the molecule is CC1(C)CCS(=O)(=O)c2c(C(=O)C3C(=O)CCCC3=O)ccc(Cl)c21. The van der Waals surface area contributed by atoms with Crippen LogP contribution in [0.4, 0.5) is 0 Å². The van der Waals surface area contributed by atoms with Crippen molar-refractivity contribution < 1.29 is 22.8 Å². The zero-order valence-electron chi connectivity index (χ0n) is 14.1. The summed E-state index contributed by atoms with van der Waals surface area (Å²) in [6, 6.07) is 2.81. The topological polar surface area (TPSA) is 85.3 Å². The molecule has 0 unspecified atom stereocenters. The Hall–Kier alpha value is -1.53. The van der Waals surface area contributed by atoms with E-state index in [1.807, 2.05) is 13.8 Å². The van der Waals surface area contributed by atoms with E-state index in [4.69, 9.17) is 11.6 Å². The van der Waals surface area contributed by atoms with E-state index < -0.39 is 38.5 Å². The molecule has 0 amide bonds. The molecule has 1 aromatic carbocycles. The van der Waals surface area contributed by atoms with Gasteiger partial charge in [0.15, 0.2) is 27.2 Å². The Morgan fingerprint density at radius 2 is 1.76 bits per heavy atom. The smallest absolute Gasteiger partial charge is 0.182 e. The van der Waals surface area contributed by atoms with E-state index in [0.717, 1.165) is 0 Å². The summed E-state index contributed by atoms with van der Waals surface area (Å²) in [5.74, 6) is -3.07. The van der Waals surface area contributed by atoms with Gasteiger partial charge in [-0.2, -0.15) is 0 Å². The summed E-state index contributed by atoms with van der Waals surface area (Å²) in [5, 5.41) is 0.279. The van der Waals surface area contributed by atoms with Gasteiger partial charge >= 0.3 is 0 Å². The van der Waals surface area contributed by atoms with Crippen molar-refractivity contribution in [1.29, 1.82) is 0 Å². The molecular formula is C18H19ClO5S. The summed E-state index contributed by atoms with van der Waals surface area (Å²) in [7, 11) is -3.71. The van der Waals surface area contributed by atoms with Crippen molar-refractivity contribution in [3.8, 4) is 0 Å². The number of ketones is 3. The zero-order chi connectivity index (χ0) is 18.6. The van der Waals surface area contributed by atoms with Crippen molar-refractivity contribution >= 4 is 38.8 Å². The molecule has 1 aliphatic heterocycles. The molecule has 1 aromatic rings. The number of rotatable bonds is 2. The first-order valence-electron chi connectivity index (χ1n) is 8.21. The molecule has 134 valence electrons. The van der Waals surface area contributed by atoms with Crippen LogP contribution < -0.4 is 0 Å². The van der Waals surface area contributed by atoms with Crippen molar-refractivity contribution in [3.05, 3.63) is 28.3 Å². The molecule has 5 nitrogen and oxygen atoms in total. The van der Waals surface area contributed by atoms with Gasteiger partial charge < -0.3 is 0 Å². The first-order chi connectivity index (χ1) is 11.6. The number of benzene rings is 1. The maximum atomic E-state index is 13.0. The molecule has 0 radical (unpaired) electrons. The van der Waals surface area contributed by atoms with E-state index in [1.165, 1.54) is 12.1 Å². The van der Waals surface area contributed by atoms with Crippen LogP contribution in [0.5, 0.6) is 0 Å². The molecule has 0 N–H and O–H groups in total. The lowest BCUT2D eigenvalue weighted by molar-refractivity contribution is -0.133. The number of sulfone groups is 1. The number of Topliss-reactive ketones (excluding diaryl/α,β-unsaturated/α-hetero) is 3. The summed E-state index contributed by atoms with van der Waals surface area (Å²) in [4.78, 5) is 37.1. The number of hydrogen-bond acceptors (Lipinski definition) is 5. The third-order valence-electron chi connectivity index (χ3n) is 5.11. The van der Waals surface area contributed by atoms with Crippen molar-refractivity contribution in [2.75, 3.05) is 5.75 Å². The highest BCUT2D eigenvalue weighted by Gasteiger charge is 2.43. The number of carbonyl (C=O) groups is 3. The van der Waals surface area contributed by atoms with Gasteiger partial charge in [0.2, 0.25) is 0 Å². The van der Waals surface area contributed by atoms with Gasteiger partial charge in [0.25, 0.3) is 0 Å². The molecule has 1 heterocycles. The average molecular weight is 383 g/mol. The van der Waals surface area contributed by atoms with Crippen LogP contribution in [0.25, 0.3) is 0 Å². The molecule has 3 rings (SSSR count). The van der Waals surface area contributed by atoms with E-state index in [9.17, 15) is 22.8 Å². The first-order valence-corrected chi connectivity index (χ1v) is 10.2. The van der Waals surface area contributed by atoms with Crippen molar-refractivity contribution in [3.63, 3.8) is 0 Å². The van der Waals surface area contributed by atoms with Crippen LogP contribution in [0.1, 0.15) is 55.5 Å². The molecule has 1 saturated carbocycles. The van der Waals surface area contributed by atoms with Crippen LogP contribution in [-0.2, 0) is 24.8 Å². The summed E-state index contributed by atoms with van der Waals surface area (Å²) < 4.78 is 25.4. The van der Waals surface area contributed by atoms with Gasteiger partial charge in [0, 0.05) is 23.4 Å². The third-order valence-corrected chi connectivity index (χ3v) is 7.21. The zero-order valence-corrected chi connectivity index (χ0v) is 15.7. The second-order valence-electron chi connectivity index (χ2n) is 7.34. The van der Waals surface area contributed by atoms with E-state index in [0.29, 0.717) is 18.4 Å². The van der Waals surface area contributed by atoms with Gasteiger partial charge in [-0.25, -0.2) is 8.42 Å². The Balaban J connectivity index is 2.24. The summed E-state index contributed by atoms with van der Waals surface area (Å²) in [6.45, 7) is 3.75. The molecular weight excluding hydrogens is 364 g/mol. The molecule has 0 saturated heterocycles. The highest BCUT2D eigenvalue weighted by Crippen LogP contribution is 2.44. The van der Waals surface area contributed by atoms with Gasteiger partial charge in [-0.15, -0.1) is 0 Å². The summed E-state index contributed by atoms with van der Waals surface area (Å²) in [5.41, 5.74) is -0.197. The average Bonchev–Trinajstić information content (AvgIpc) is 2.51. The lowest BCUT2D eigenvalue weighted by atomic mass is 9.78. The second-order valence-corrected chi connectivity index (χ2v) is 9.79. The summed E-state index contributed by atoms with van der Waals surface area (Å²) in [6.07, 6.45) is 1.15. The van der Waals surface area contributed by atoms with E-state index in [2.05, 4.69) is 0 Å². The fourth-order valence-electron chi connectivity index (χ4n) is 3.68. The predicted molar refractivity (Wildman–Crippen MR) is 92.8 cm³/mol. The molecule has 7 heteroatoms. The number of halogens is 1. The van der Waals surface area contributed by atoms with Gasteiger partial charge in [-0.3, -0.25) is 14.4 Å². The van der Waals surface area contributed by atoms with Crippen LogP contribution in [0.2, 0.25) is 5.02 Å². The third kappa shape index (κ3) is 2.95. The lowest BCUT2D eigenvalue weighted by Crippen LogP contribution is -2.38. The fraction of sp³-hybridized carbons (Fsp3) is 0.500. The molecule has 0 spiro atoms. The molecule has 1 aliphatic carbocycles. The monoisotopic (exact) mass is 382 g/mol. The predicted octanol–water partition coefficient (Wildman–Crippen LogP) is 2.92. The quantitative estimate of drug-likeness (QED) is 0.580. The van der Waals surface area contributed by atoms with Crippen molar-refractivity contribution in [2.45, 2.75) is 49.8 Å². The van der Waals surface area contributed by atoms with Crippen LogP contribution >= 0.6 is 11.6 Å². The standard InChI is InChI=1S/C18H19ClO5S/c1-18(2)8-9-25(23,24)17-10(6-7-11(19)15(17)18)16(22)14-12(20)4-3-5-13(14)21/h6-7,14H,3-5,8-9H2,1-2H3. The molecule has 1 fully saturated rings. The van der Waals surface area contributed by atoms with Crippen LogP contribution in [0.15, 0.2) is 17.0 Å². The second kappa shape index (κ2) is 6.02. The molecule has 0 aromatic heterocycles. The Kier molecular flexibility index (Phi) is 4.40. The van der Waals surface area contributed by atoms with Crippen LogP contribution in [0, 0.1) is 5.92 Å². The molecule has 25 heavy (non-hydrogen) atoms. The highest BCUT2D eigenvalue weighted by atomic mass is 35.5. The Labute approximate surface area is 151 Å². The molecule has 2 aliphatic rings. The van der Waals surface area contributed by atoms with Gasteiger partial charge in [0.05, 0.1) is 10.6 Å². The van der Waals surface area contributed by atoms with E-state index in [1.54, 1.807) is 0 Å². The summed E-state index contributed by atoms with van der Waals surface area (Å²) >= 11 is 6.26. The van der Waals surface area contributed by atoms with Gasteiger partial charge in [-0.05, 0) is 36.0 Å². The highest BCUT2D eigenvalue weighted by molar-refractivity contribution is 7.91. The largest absolute Gasteiger partial charge is 0.298 e. The van der Waals surface area contributed by atoms with Crippen LogP contribution in [-0.4, -0.2) is 31.5 Å². The Morgan fingerprint density at radius 1 is 1.16 bits per heavy atom. The Bertz CT molecular complexity index is 882. The van der Waals surface area contributed by atoms with Crippen molar-refractivity contribution in [2.24, 2.45) is 5.92 Å². The Morgan fingerprint density at radius 3 is 2.36 bits per heavy atom. The minimum absolute atomic E-state index is 0.0826. The maximum Gasteiger partial charge on any atom is 0.182 e. The molecule has 0 atom stereocenters. The molecule has 0 bridgehead atoms. The fourth-order valence-corrected chi connectivity index (χ4v) is 6.33. The van der Waals surface area contributed by atoms with E-state index in [-0.39, 0.29) is 34.1 Å². The lowest BCUT2D eigenvalue weighted by Gasteiger charge is -2.34. The minimum atomic E-state index is -3.71. The van der Waals surface area contributed by atoms with Crippen LogP contribution in [0.3, 0.4) is 0 Å². The number of fused-ring (bicyclic) bond motifs is 1. The van der Waals surface area contributed by atoms with Crippen molar-refractivity contribution in [1.82, 2.24) is 0 Å². The first kappa shape index (κ1) is 18.3. The normalized spacial score (nSPS) is 22.5. The maximum absolute atomic E-state index is 13.0.